The van der Waals surface area contributed by atoms with E-state index in [0.717, 1.165) is 22.9 Å². The van der Waals surface area contributed by atoms with Crippen LogP contribution in [0.3, 0.4) is 0 Å². The Hall–Kier alpha value is -4.02. The highest BCUT2D eigenvalue weighted by Gasteiger charge is 2.32. The molecule has 0 spiro atoms. The molecular weight excluding hydrogens is 528 g/mol. The van der Waals surface area contributed by atoms with Gasteiger partial charge in [0.2, 0.25) is 0 Å². The van der Waals surface area contributed by atoms with Crippen molar-refractivity contribution in [2.75, 3.05) is 26.0 Å². The van der Waals surface area contributed by atoms with Gasteiger partial charge in [-0.05, 0) is 46.9 Å². The molecule has 10 heteroatoms. The lowest BCUT2D eigenvalue weighted by Gasteiger charge is -2.27. The summed E-state index contributed by atoms with van der Waals surface area (Å²) in [5.41, 5.74) is 5.89. The third-order valence-electron chi connectivity index (χ3n) is 6.83. The second kappa shape index (κ2) is 11.6. The van der Waals surface area contributed by atoms with Gasteiger partial charge < -0.3 is 9.64 Å². The first-order valence-electron chi connectivity index (χ1n) is 13.2. The van der Waals surface area contributed by atoms with E-state index in [0.29, 0.717) is 48.3 Å². The minimum Gasteiger partial charge on any atom is -0.489 e. The van der Waals surface area contributed by atoms with Crippen molar-refractivity contribution in [1.29, 1.82) is 0 Å². The average Bonchev–Trinajstić information content (AvgIpc) is 3.34. The van der Waals surface area contributed by atoms with Crippen LogP contribution in [0, 0.1) is 0 Å². The highest BCUT2D eigenvalue weighted by atomic mass is 32.2. The number of pyridine rings is 1. The molecule has 1 amide bonds. The fourth-order valence-corrected chi connectivity index (χ4v) is 5.07. The van der Waals surface area contributed by atoms with Crippen molar-refractivity contribution in [3.63, 3.8) is 0 Å². The average molecular weight is 561 g/mol. The fourth-order valence-electron chi connectivity index (χ4n) is 4.69. The summed E-state index contributed by atoms with van der Waals surface area (Å²) in [5, 5.41) is 4.80. The Labute approximate surface area is 234 Å². The molecule has 0 saturated heterocycles. The second-order valence-corrected chi connectivity index (χ2v) is 11.7. The van der Waals surface area contributed by atoms with Crippen molar-refractivity contribution in [3.05, 3.63) is 89.9 Å². The van der Waals surface area contributed by atoms with E-state index in [4.69, 9.17) is 14.0 Å². The van der Waals surface area contributed by atoms with Gasteiger partial charge in [-0.3, -0.25) is 18.6 Å². The predicted molar refractivity (Wildman–Crippen MR) is 152 cm³/mol. The molecule has 9 nitrogen and oxygen atoms in total. The topological polar surface area (TPSA) is 104 Å². The number of rotatable bonds is 10. The number of aromatic nitrogens is 3. The van der Waals surface area contributed by atoms with Gasteiger partial charge in [-0.15, -0.1) is 0 Å². The van der Waals surface area contributed by atoms with Crippen LogP contribution in [0.25, 0.3) is 22.4 Å². The number of hydrogen-bond donors (Lipinski definition) is 0. The zero-order chi connectivity index (χ0) is 28.3. The standard InChI is InChI=1S/C30H32N4O5S/c1-21(2)23-6-4-22(5-7-23)20-38-26-10-8-24(9-11-26)27-28(25-12-14-31-15-13-25)32-34-17-16-33(30(35)29(27)34)18-19-39-40(3,36)37/h4-15,21H,16-20H2,1-3H3. The van der Waals surface area contributed by atoms with Gasteiger partial charge in [0.05, 0.1) is 19.4 Å². The van der Waals surface area contributed by atoms with E-state index < -0.39 is 10.1 Å². The smallest absolute Gasteiger partial charge is 0.272 e. The van der Waals surface area contributed by atoms with Crippen LogP contribution < -0.4 is 4.74 Å². The van der Waals surface area contributed by atoms with E-state index in [-0.39, 0.29) is 19.1 Å². The first-order chi connectivity index (χ1) is 19.2. The molecule has 40 heavy (non-hydrogen) atoms. The summed E-state index contributed by atoms with van der Waals surface area (Å²) in [5.74, 6) is 0.972. The summed E-state index contributed by atoms with van der Waals surface area (Å²) < 4.78 is 35.4. The van der Waals surface area contributed by atoms with Gasteiger partial charge in [-0.2, -0.15) is 13.5 Å². The molecule has 4 aromatic rings. The number of carbonyl (C=O) groups is 1. The Morgan fingerprint density at radius 2 is 1.62 bits per heavy atom. The van der Waals surface area contributed by atoms with Crippen LogP contribution in [0.15, 0.2) is 73.1 Å². The largest absolute Gasteiger partial charge is 0.489 e. The summed E-state index contributed by atoms with van der Waals surface area (Å²) >= 11 is 0. The normalized spacial score (nSPS) is 13.5. The van der Waals surface area contributed by atoms with Crippen molar-refractivity contribution in [1.82, 2.24) is 19.7 Å². The molecule has 1 aliphatic rings. The highest BCUT2D eigenvalue weighted by molar-refractivity contribution is 7.85. The second-order valence-electron chi connectivity index (χ2n) is 10.1. The highest BCUT2D eigenvalue weighted by Crippen LogP contribution is 2.37. The van der Waals surface area contributed by atoms with Crippen LogP contribution in [0.5, 0.6) is 5.75 Å². The predicted octanol–water partition coefficient (Wildman–Crippen LogP) is 4.75. The van der Waals surface area contributed by atoms with Gasteiger partial charge in [0.15, 0.2) is 0 Å². The summed E-state index contributed by atoms with van der Waals surface area (Å²) in [6.45, 7) is 5.73. The van der Waals surface area contributed by atoms with Crippen molar-refractivity contribution in [2.45, 2.75) is 32.9 Å². The minimum absolute atomic E-state index is 0.0997. The van der Waals surface area contributed by atoms with Crippen molar-refractivity contribution >= 4 is 16.0 Å². The molecule has 1 aliphatic heterocycles. The first-order valence-corrected chi connectivity index (χ1v) is 15.0. The molecular formula is C30H32N4O5S. The first kappa shape index (κ1) is 27.5. The molecule has 0 bridgehead atoms. The zero-order valence-electron chi connectivity index (χ0n) is 22.8. The number of ether oxygens (including phenoxy) is 1. The number of fused-ring (bicyclic) bond motifs is 1. The number of amides is 1. The molecule has 0 aliphatic carbocycles. The molecule has 2 aromatic carbocycles. The summed E-state index contributed by atoms with van der Waals surface area (Å²) in [6.07, 6.45) is 4.38. The molecule has 2 aromatic heterocycles. The van der Waals surface area contributed by atoms with E-state index in [9.17, 15) is 13.2 Å². The molecule has 0 radical (unpaired) electrons. The molecule has 0 unspecified atom stereocenters. The molecule has 0 fully saturated rings. The van der Waals surface area contributed by atoms with Gasteiger partial charge in [-0.1, -0.05) is 50.2 Å². The Morgan fingerprint density at radius 1 is 0.925 bits per heavy atom. The molecule has 0 atom stereocenters. The quantitative estimate of drug-likeness (QED) is 0.258. The van der Waals surface area contributed by atoms with E-state index in [2.05, 4.69) is 43.1 Å². The number of hydrogen-bond acceptors (Lipinski definition) is 7. The van der Waals surface area contributed by atoms with Gasteiger partial charge >= 0.3 is 0 Å². The van der Waals surface area contributed by atoms with Crippen LogP contribution >= 0.6 is 0 Å². The summed E-state index contributed by atoms with van der Waals surface area (Å²) in [7, 11) is -3.59. The lowest BCUT2D eigenvalue weighted by molar-refractivity contribution is 0.0672. The van der Waals surface area contributed by atoms with Crippen LogP contribution in [0.1, 0.15) is 41.4 Å². The van der Waals surface area contributed by atoms with Crippen LogP contribution in [0.4, 0.5) is 0 Å². The van der Waals surface area contributed by atoms with E-state index in [1.807, 2.05) is 36.4 Å². The Morgan fingerprint density at radius 3 is 2.27 bits per heavy atom. The van der Waals surface area contributed by atoms with Gasteiger partial charge in [-0.25, -0.2) is 0 Å². The van der Waals surface area contributed by atoms with Gasteiger partial charge in [0.1, 0.15) is 23.7 Å². The molecule has 3 heterocycles. The number of benzene rings is 2. The SMILES string of the molecule is CC(C)c1ccc(COc2ccc(-c3c(-c4ccncc4)nn4c3C(=O)N(CCOS(C)(=O)=O)CC4)cc2)cc1. The lowest BCUT2D eigenvalue weighted by Crippen LogP contribution is -2.42. The Bertz CT molecular complexity index is 1580. The maximum atomic E-state index is 13.6. The van der Waals surface area contributed by atoms with Crippen molar-refractivity contribution < 1.29 is 22.1 Å². The monoisotopic (exact) mass is 560 g/mol. The fraction of sp³-hybridized carbons (Fsp3) is 0.300. The van der Waals surface area contributed by atoms with Crippen LogP contribution in [-0.2, 0) is 27.5 Å². The summed E-state index contributed by atoms with van der Waals surface area (Å²) in [6, 6.07) is 19.8. The van der Waals surface area contributed by atoms with Crippen molar-refractivity contribution in [2.24, 2.45) is 0 Å². The van der Waals surface area contributed by atoms with E-state index in [1.54, 1.807) is 22.0 Å². The third-order valence-corrected chi connectivity index (χ3v) is 7.43. The van der Waals surface area contributed by atoms with E-state index >= 15 is 0 Å². The third kappa shape index (κ3) is 6.24. The number of carbonyl (C=O) groups excluding carboxylic acids is 1. The van der Waals surface area contributed by atoms with Crippen LogP contribution in [-0.4, -0.2) is 59.9 Å². The molecule has 5 rings (SSSR count). The maximum absolute atomic E-state index is 13.6. The molecule has 0 saturated carbocycles. The molecule has 0 N–H and O–H groups in total. The maximum Gasteiger partial charge on any atom is 0.272 e. The lowest BCUT2D eigenvalue weighted by atomic mass is 9.98. The minimum atomic E-state index is -3.59. The number of nitrogens with zero attached hydrogens (tertiary/aromatic N) is 4. The van der Waals surface area contributed by atoms with Gasteiger partial charge in [0.25, 0.3) is 16.0 Å². The van der Waals surface area contributed by atoms with Gasteiger partial charge in [0, 0.05) is 36.6 Å². The van der Waals surface area contributed by atoms with Crippen molar-refractivity contribution in [3.8, 4) is 28.1 Å². The Kier molecular flexibility index (Phi) is 7.99. The summed E-state index contributed by atoms with van der Waals surface area (Å²) in [4.78, 5) is 19.3. The van der Waals surface area contributed by atoms with E-state index in [1.165, 1.54) is 5.56 Å². The Balaban J connectivity index is 1.41. The zero-order valence-corrected chi connectivity index (χ0v) is 23.6. The van der Waals surface area contributed by atoms with Crippen LogP contribution in [0.2, 0.25) is 0 Å². The molecule has 208 valence electrons.